The summed E-state index contributed by atoms with van der Waals surface area (Å²) >= 11 is 1.38. The lowest BCUT2D eigenvalue weighted by Crippen LogP contribution is -2.42. The van der Waals surface area contributed by atoms with Crippen LogP contribution in [0.3, 0.4) is 0 Å². The molecule has 4 rings (SSSR count). The molecule has 2 aliphatic rings. The topological polar surface area (TPSA) is 96.3 Å². The maximum absolute atomic E-state index is 12.4. The largest absolute Gasteiger partial charge is 0.416 e. The Labute approximate surface area is 155 Å². The number of hydrogen-bond acceptors (Lipinski definition) is 6. The highest BCUT2D eigenvalue weighted by atomic mass is 32.2. The Balaban J connectivity index is 1.35. The monoisotopic (exact) mass is 372 g/mol. The minimum Gasteiger partial charge on any atom is -0.416 e. The summed E-state index contributed by atoms with van der Waals surface area (Å²) in [6.07, 6.45) is 4.93. The van der Waals surface area contributed by atoms with Crippen molar-refractivity contribution in [3.63, 3.8) is 0 Å². The van der Waals surface area contributed by atoms with E-state index in [-0.39, 0.29) is 23.9 Å². The van der Waals surface area contributed by atoms with Gasteiger partial charge in [0.05, 0.1) is 6.20 Å². The van der Waals surface area contributed by atoms with E-state index < -0.39 is 0 Å². The van der Waals surface area contributed by atoms with Crippen LogP contribution in [-0.2, 0) is 4.79 Å². The number of hydrogen-bond donors (Lipinski definition) is 3. The van der Waals surface area contributed by atoms with Gasteiger partial charge in [0.25, 0.3) is 5.91 Å². The number of anilines is 1. The van der Waals surface area contributed by atoms with E-state index in [9.17, 15) is 9.59 Å². The number of oxazole rings is 1. The average Bonchev–Trinajstić information content (AvgIpc) is 3.32. The number of carbonyl (C=O) groups is 2. The van der Waals surface area contributed by atoms with E-state index in [1.54, 1.807) is 6.20 Å². The fourth-order valence-electron chi connectivity index (χ4n) is 3.54. The second kappa shape index (κ2) is 7.13. The first kappa shape index (κ1) is 17.1. The molecule has 8 heteroatoms. The highest BCUT2D eigenvalue weighted by molar-refractivity contribution is 7.99. The van der Waals surface area contributed by atoms with Gasteiger partial charge in [-0.05, 0) is 43.5 Å². The normalized spacial score (nSPS) is 23.8. The number of nitrogens with one attached hydrogen (secondary N) is 3. The van der Waals surface area contributed by atoms with E-state index in [0.717, 1.165) is 17.7 Å². The van der Waals surface area contributed by atoms with Crippen LogP contribution in [0.1, 0.15) is 36.5 Å². The smallest absolute Gasteiger partial charge is 0.302 e. The van der Waals surface area contributed by atoms with E-state index in [4.69, 9.17) is 4.42 Å². The molecule has 26 heavy (non-hydrogen) atoms. The number of amides is 2. The number of aromatic nitrogens is 1. The third-order valence-electron chi connectivity index (χ3n) is 4.72. The van der Waals surface area contributed by atoms with Crippen molar-refractivity contribution in [3.05, 3.63) is 36.0 Å². The summed E-state index contributed by atoms with van der Waals surface area (Å²) in [5.41, 5.74) is 0.647. The second-order valence-corrected chi connectivity index (χ2v) is 7.73. The van der Waals surface area contributed by atoms with Crippen molar-refractivity contribution in [1.29, 1.82) is 0 Å². The first-order valence-corrected chi connectivity index (χ1v) is 9.47. The highest BCUT2D eigenvalue weighted by Crippen LogP contribution is 2.30. The number of fused-ring (bicyclic) bond motifs is 2. The minimum atomic E-state index is -0.232. The predicted molar refractivity (Wildman–Crippen MR) is 97.2 cm³/mol. The number of carbonyl (C=O) groups excluding carboxylic acids is 2. The summed E-state index contributed by atoms with van der Waals surface area (Å²) in [5.74, 6) is -0.266. The van der Waals surface area contributed by atoms with E-state index in [0.29, 0.717) is 22.7 Å². The van der Waals surface area contributed by atoms with Crippen molar-refractivity contribution in [1.82, 2.24) is 15.6 Å². The first-order chi connectivity index (χ1) is 12.6. The molecule has 0 aliphatic carbocycles. The summed E-state index contributed by atoms with van der Waals surface area (Å²) in [5, 5.41) is 9.73. The molecule has 2 aliphatic heterocycles. The molecular formula is C18H20N4O3S. The molecule has 2 amide bonds. The third kappa shape index (κ3) is 3.76. The molecule has 3 N–H and O–H groups in total. The lowest BCUT2D eigenvalue weighted by Gasteiger charge is -2.21. The van der Waals surface area contributed by atoms with Gasteiger partial charge in [-0.15, -0.1) is 0 Å². The van der Waals surface area contributed by atoms with Gasteiger partial charge in [-0.25, -0.2) is 4.98 Å². The molecule has 2 fully saturated rings. The van der Waals surface area contributed by atoms with Gasteiger partial charge in [0.2, 0.25) is 5.91 Å². The van der Waals surface area contributed by atoms with Gasteiger partial charge in [0.15, 0.2) is 5.09 Å². The quantitative estimate of drug-likeness (QED) is 0.746. The van der Waals surface area contributed by atoms with Crippen LogP contribution in [0.15, 0.2) is 44.9 Å². The zero-order valence-corrected chi connectivity index (χ0v) is 15.1. The SMILES string of the molecule is CC(=O)Nc1ncc(Sc2ccc(C(=O)N[C@@H]3C[C@H]4CC[C@@H]3N4)cc2)o1. The molecule has 2 aromatic rings. The predicted octanol–water partition coefficient (Wildman–Crippen LogP) is 2.41. The Morgan fingerprint density at radius 1 is 1.27 bits per heavy atom. The van der Waals surface area contributed by atoms with Gasteiger partial charge in [-0.1, -0.05) is 11.8 Å². The summed E-state index contributed by atoms with van der Waals surface area (Å²) in [4.78, 5) is 28.3. The Morgan fingerprint density at radius 3 is 2.73 bits per heavy atom. The summed E-state index contributed by atoms with van der Waals surface area (Å²) in [6, 6.07) is 8.76. The van der Waals surface area contributed by atoms with Crippen LogP contribution < -0.4 is 16.0 Å². The van der Waals surface area contributed by atoms with Crippen LogP contribution in [-0.4, -0.2) is 34.9 Å². The van der Waals surface area contributed by atoms with Gasteiger partial charge in [-0.2, -0.15) is 0 Å². The zero-order valence-electron chi connectivity index (χ0n) is 14.3. The summed E-state index contributed by atoms with van der Waals surface area (Å²) in [7, 11) is 0. The molecule has 2 saturated heterocycles. The first-order valence-electron chi connectivity index (χ1n) is 8.65. The van der Waals surface area contributed by atoms with Crippen molar-refractivity contribution >= 4 is 29.6 Å². The van der Waals surface area contributed by atoms with Crippen molar-refractivity contribution in [2.75, 3.05) is 5.32 Å². The Hall–Kier alpha value is -2.32. The van der Waals surface area contributed by atoms with Crippen LogP contribution in [0, 0.1) is 0 Å². The van der Waals surface area contributed by atoms with Crippen molar-refractivity contribution in [2.24, 2.45) is 0 Å². The lowest BCUT2D eigenvalue weighted by molar-refractivity contribution is -0.114. The molecule has 0 radical (unpaired) electrons. The van der Waals surface area contributed by atoms with Gasteiger partial charge < -0.3 is 15.1 Å². The van der Waals surface area contributed by atoms with Crippen LogP contribution in [0.5, 0.6) is 0 Å². The molecule has 2 bridgehead atoms. The molecule has 3 atom stereocenters. The van der Waals surface area contributed by atoms with Gasteiger partial charge in [-0.3, -0.25) is 14.9 Å². The Kier molecular flexibility index (Phi) is 4.69. The number of benzene rings is 1. The van der Waals surface area contributed by atoms with Crippen molar-refractivity contribution in [2.45, 2.75) is 54.3 Å². The second-order valence-electron chi connectivity index (χ2n) is 6.66. The van der Waals surface area contributed by atoms with Crippen LogP contribution in [0.2, 0.25) is 0 Å². The van der Waals surface area contributed by atoms with Crippen LogP contribution in [0.25, 0.3) is 0 Å². The molecule has 7 nitrogen and oxygen atoms in total. The minimum absolute atomic E-state index is 0.0338. The van der Waals surface area contributed by atoms with Gasteiger partial charge in [0, 0.05) is 35.5 Å². The third-order valence-corrected chi connectivity index (χ3v) is 5.62. The Bertz CT molecular complexity index is 820. The van der Waals surface area contributed by atoms with Crippen LogP contribution >= 0.6 is 11.8 Å². The standard InChI is InChI=1S/C18H20N4O3S/c1-10(23)20-18-19-9-16(25-18)26-13-5-2-11(3-6-13)17(24)22-15-8-12-4-7-14(15)21-12/h2-3,5-6,9,12,14-15,21H,4,7-8H2,1H3,(H,22,24)(H,19,20,23)/t12-,14+,15-/m1/s1. The van der Waals surface area contributed by atoms with Gasteiger partial charge in [0.1, 0.15) is 0 Å². The molecule has 1 aromatic heterocycles. The molecular weight excluding hydrogens is 352 g/mol. The van der Waals surface area contributed by atoms with E-state index in [2.05, 4.69) is 20.9 Å². The molecule has 1 aromatic carbocycles. The Morgan fingerprint density at radius 2 is 2.08 bits per heavy atom. The fourth-order valence-corrected chi connectivity index (χ4v) is 4.27. The van der Waals surface area contributed by atoms with Crippen molar-refractivity contribution < 1.29 is 14.0 Å². The molecule has 0 spiro atoms. The van der Waals surface area contributed by atoms with Crippen LogP contribution in [0.4, 0.5) is 6.01 Å². The molecule has 3 heterocycles. The van der Waals surface area contributed by atoms with E-state index >= 15 is 0 Å². The van der Waals surface area contributed by atoms with Crippen molar-refractivity contribution in [3.8, 4) is 0 Å². The van der Waals surface area contributed by atoms with Gasteiger partial charge >= 0.3 is 6.01 Å². The summed E-state index contributed by atoms with van der Waals surface area (Å²) < 4.78 is 5.43. The molecule has 0 saturated carbocycles. The number of nitrogens with zero attached hydrogens (tertiary/aromatic N) is 1. The average molecular weight is 372 g/mol. The maximum atomic E-state index is 12.4. The molecule has 136 valence electrons. The highest BCUT2D eigenvalue weighted by Gasteiger charge is 2.39. The summed E-state index contributed by atoms with van der Waals surface area (Å²) in [6.45, 7) is 1.40. The zero-order chi connectivity index (χ0) is 18.1. The maximum Gasteiger partial charge on any atom is 0.302 e. The van der Waals surface area contributed by atoms with E-state index in [1.165, 1.54) is 25.1 Å². The lowest BCUT2D eigenvalue weighted by atomic mass is 9.95. The van der Waals surface area contributed by atoms with E-state index in [1.807, 2.05) is 24.3 Å². The fraction of sp³-hybridized carbons (Fsp3) is 0.389. The molecule has 0 unspecified atom stereocenters. The number of rotatable bonds is 5.